The van der Waals surface area contributed by atoms with E-state index >= 15 is 0 Å². The van der Waals surface area contributed by atoms with Crippen LogP contribution in [0.3, 0.4) is 0 Å². The Bertz CT molecular complexity index is 283. The number of aromatic nitrogens is 4. The highest BCUT2D eigenvalue weighted by Gasteiger charge is 2.37. The van der Waals surface area contributed by atoms with E-state index in [1.54, 1.807) is 0 Å². The second-order valence-corrected chi connectivity index (χ2v) is 4.58. The number of aromatic amines is 1. The summed E-state index contributed by atoms with van der Waals surface area (Å²) >= 11 is 0. The van der Waals surface area contributed by atoms with Gasteiger partial charge >= 0.3 is 0 Å². The monoisotopic (exact) mass is 195 g/mol. The van der Waals surface area contributed by atoms with E-state index in [1.807, 2.05) is 0 Å². The fourth-order valence-electron chi connectivity index (χ4n) is 2.52. The predicted molar refractivity (Wildman–Crippen MR) is 52.4 cm³/mol. The van der Waals surface area contributed by atoms with E-state index in [9.17, 15) is 0 Å². The minimum atomic E-state index is 0.237. The zero-order chi connectivity index (χ0) is 10.0. The van der Waals surface area contributed by atoms with Crippen LogP contribution in [-0.4, -0.2) is 27.2 Å². The molecule has 5 nitrogen and oxygen atoms in total. The van der Waals surface area contributed by atoms with E-state index in [4.69, 9.17) is 5.73 Å². The summed E-state index contributed by atoms with van der Waals surface area (Å²) in [4.78, 5) is 0. The summed E-state index contributed by atoms with van der Waals surface area (Å²) in [5.41, 5.74) is 6.10. The van der Waals surface area contributed by atoms with Gasteiger partial charge < -0.3 is 5.73 Å². The molecule has 5 heteroatoms. The van der Waals surface area contributed by atoms with Crippen LogP contribution in [0.1, 0.15) is 32.0 Å². The standard InChI is InChI=1S/C9H17N5/c1-7-2-3-9(4-7,6-10)5-8-11-13-14-12-8/h7H,2-6,10H2,1H3,(H,11,12,13,14)/t7-,9+/m1/s1. The lowest BCUT2D eigenvalue weighted by atomic mass is 9.82. The van der Waals surface area contributed by atoms with Crippen molar-refractivity contribution in [2.24, 2.45) is 17.1 Å². The predicted octanol–water partition coefficient (Wildman–Crippen LogP) is 0.507. The van der Waals surface area contributed by atoms with Gasteiger partial charge in [0.05, 0.1) is 0 Å². The van der Waals surface area contributed by atoms with Gasteiger partial charge in [-0.2, -0.15) is 0 Å². The first kappa shape index (κ1) is 9.58. The summed E-state index contributed by atoms with van der Waals surface area (Å²) in [5.74, 6) is 1.65. The molecule has 0 unspecified atom stereocenters. The Balaban J connectivity index is 2.06. The van der Waals surface area contributed by atoms with Crippen LogP contribution in [0.25, 0.3) is 0 Å². The van der Waals surface area contributed by atoms with Gasteiger partial charge in [0.25, 0.3) is 0 Å². The Morgan fingerprint density at radius 2 is 2.50 bits per heavy atom. The molecular formula is C9H17N5. The van der Waals surface area contributed by atoms with Crippen molar-refractivity contribution in [2.45, 2.75) is 32.6 Å². The minimum absolute atomic E-state index is 0.237. The van der Waals surface area contributed by atoms with E-state index in [0.717, 1.165) is 24.7 Å². The fourth-order valence-corrected chi connectivity index (χ4v) is 2.52. The Kier molecular flexibility index (Phi) is 2.50. The normalized spacial score (nSPS) is 32.3. The summed E-state index contributed by atoms with van der Waals surface area (Å²) in [6.45, 7) is 3.02. The van der Waals surface area contributed by atoms with Gasteiger partial charge in [-0.1, -0.05) is 13.3 Å². The Labute approximate surface area is 83.5 Å². The zero-order valence-corrected chi connectivity index (χ0v) is 8.53. The van der Waals surface area contributed by atoms with Gasteiger partial charge in [-0.25, -0.2) is 5.10 Å². The number of nitrogens with two attached hydrogens (primary N) is 1. The Morgan fingerprint density at radius 3 is 3.00 bits per heavy atom. The lowest BCUT2D eigenvalue weighted by Gasteiger charge is -2.25. The largest absolute Gasteiger partial charge is 0.330 e. The first-order valence-corrected chi connectivity index (χ1v) is 5.17. The smallest absolute Gasteiger partial charge is 0.149 e. The highest BCUT2D eigenvalue weighted by molar-refractivity contribution is 4.95. The van der Waals surface area contributed by atoms with Gasteiger partial charge in [0.15, 0.2) is 0 Å². The molecule has 78 valence electrons. The number of H-pyrrole nitrogens is 1. The molecule has 0 amide bonds. The number of tetrazole rings is 1. The number of rotatable bonds is 3. The molecule has 1 aliphatic carbocycles. The van der Waals surface area contributed by atoms with Crippen LogP contribution < -0.4 is 5.73 Å². The van der Waals surface area contributed by atoms with Crippen LogP contribution in [0, 0.1) is 11.3 Å². The van der Waals surface area contributed by atoms with Gasteiger partial charge in [0.2, 0.25) is 0 Å². The number of nitrogens with one attached hydrogen (secondary N) is 1. The molecule has 2 atom stereocenters. The number of nitrogens with zero attached hydrogens (tertiary/aromatic N) is 3. The van der Waals surface area contributed by atoms with Crippen molar-refractivity contribution in [2.75, 3.05) is 6.54 Å². The van der Waals surface area contributed by atoms with Crippen molar-refractivity contribution in [3.05, 3.63) is 5.82 Å². The maximum Gasteiger partial charge on any atom is 0.149 e. The molecule has 1 aliphatic rings. The van der Waals surface area contributed by atoms with Crippen molar-refractivity contribution in [3.8, 4) is 0 Å². The van der Waals surface area contributed by atoms with Crippen molar-refractivity contribution >= 4 is 0 Å². The number of hydrogen-bond acceptors (Lipinski definition) is 4. The van der Waals surface area contributed by atoms with Crippen LogP contribution in [0.4, 0.5) is 0 Å². The summed E-state index contributed by atoms with van der Waals surface area (Å²) in [5, 5.41) is 13.9. The first-order valence-electron chi connectivity index (χ1n) is 5.17. The molecule has 1 heterocycles. The third-order valence-corrected chi connectivity index (χ3v) is 3.31. The maximum absolute atomic E-state index is 5.87. The van der Waals surface area contributed by atoms with Crippen LogP contribution >= 0.6 is 0 Å². The summed E-state index contributed by atoms with van der Waals surface area (Å²) in [6.07, 6.45) is 4.56. The highest BCUT2D eigenvalue weighted by atomic mass is 15.5. The molecule has 0 saturated heterocycles. The van der Waals surface area contributed by atoms with Crippen LogP contribution in [0.5, 0.6) is 0 Å². The van der Waals surface area contributed by atoms with Gasteiger partial charge in [-0.3, -0.25) is 0 Å². The molecule has 2 rings (SSSR count). The average molecular weight is 195 g/mol. The molecular weight excluding hydrogens is 178 g/mol. The quantitative estimate of drug-likeness (QED) is 0.736. The van der Waals surface area contributed by atoms with Gasteiger partial charge in [-0.05, 0) is 41.1 Å². The summed E-state index contributed by atoms with van der Waals surface area (Å²) in [6, 6.07) is 0. The summed E-state index contributed by atoms with van der Waals surface area (Å²) in [7, 11) is 0. The molecule has 1 fully saturated rings. The molecule has 1 saturated carbocycles. The molecule has 0 aliphatic heterocycles. The van der Waals surface area contributed by atoms with E-state index in [-0.39, 0.29) is 5.41 Å². The highest BCUT2D eigenvalue weighted by Crippen LogP contribution is 2.42. The van der Waals surface area contributed by atoms with Crippen molar-refractivity contribution in [1.82, 2.24) is 20.6 Å². The van der Waals surface area contributed by atoms with Crippen molar-refractivity contribution in [1.29, 1.82) is 0 Å². The maximum atomic E-state index is 5.87. The van der Waals surface area contributed by atoms with E-state index in [1.165, 1.54) is 19.3 Å². The van der Waals surface area contributed by atoms with Crippen molar-refractivity contribution in [3.63, 3.8) is 0 Å². The molecule has 14 heavy (non-hydrogen) atoms. The van der Waals surface area contributed by atoms with Gasteiger partial charge in [0, 0.05) is 6.42 Å². The molecule has 1 aromatic rings. The molecule has 0 aromatic carbocycles. The minimum Gasteiger partial charge on any atom is -0.330 e. The lowest BCUT2D eigenvalue weighted by molar-refractivity contribution is 0.289. The molecule has 0 bridgehead atoms. The second-order valence-electron chi connectivity index (χ2n) is 4.58. The topological polar surface area (TPSA) is 80.5 Å². The third kappa shape index (κ3) is 1.77. The van der Waals surface area contributed by atoms with Crippen LogP contribution in [0.2, 0.25) is 0 Å². The average Bonchev–Trinajstić information content (AvgIpc) is 2.77. The van der Waals surface area contributed by atoms with Crippen molar-refractivity contribution < 1.29 is 0 Å². The van der Waals surface area contributed by atoms with Gasteiger partial charge in [0.1, 0.15) is 5.82 Å². The summed E-state index contributed by atoms with van der Waals surface area (Å²) < 4.78 is 0. The van der Waals surface area contributed by atoms with E-state index in [2.05, 4.69) is 27.5 Å². The van der Waals surface area contributed by atoms with Crippen LogP contribution in [0.15, 0.2) is 0 Å². The molecule has 0 radical (unpaired) electrons. The second kappa shape index (κ2) is 3.65. The lowest BCUT2D eigenvalue weighted by Crippen LogP contribution is -2.30. The Morgan fingerprint density at radius 1 is 1.64 bits per heavy atom. The molecule has 0 spiro atoms. The number of hydrogen-bond donors (Lipinski definition) is 2. The van der Waals surface area contributed by atoms with E-state index < -0.39 is 0 Å². The van der Waals surface area contributed by atoms with E-state index in [0.29, 0.717) is 0 Å². The third-order valence-electron chi connectivity index (χ3n) is 3.31. The molecule has 3 N–H and O–H groups in total. The fraction of sp³-hybridized carbons (Fsp3) is 0.889. The SMILES string of the molecule is C[C@@H]1CC[C@@](CN)(Cc2nnn[nH]2)C1. The zero-order valence-electron chi connectivity index (χ0n) is 8.53. The Hall–Kier alpha value is -0.970. The van der Waals surface area contributed by atoms with Gasteiger partial charge in [-0.15, -0.1) is 5.10 Å². The van der Waals surface area contributed by atoms with Crippen LogP contribution in [-0.2, 0) is 6.42 Å². The first-order chi connectivity index (χ1) is 6.74. The molecule has 1 aromatic heterocycles.